The van der Waals surface area contributed by atoms with Gasteiger partial charge >= 0.3 is 0 Å². The summed E-state index contributed by atoms with van der Waals surface area (Å²) in [6.45, 7) is 2.43. The van der Waals surface area contributed by atoms with Gasteiger partial charge in [-0.25, -0.2) is 13.8 Å². The summed E-state index contributed by atoms with van der Waals surface area (Å²) in [5.74, 6) is -3.55. The van der Waals surface area contributed by atoms with E-state index < -0.39 is 41.2 Å². The number of nitriles is 1. The SMILES string of the molecule is N#Cc1ccc(OC2CCC(NC(=O)c3cnc(N4CCN(CCOc5cc6c(cc5F)C(=O)N(C5CCC(=O)CC5=O)C6=O)CC4)c(F)c3)CC2)cc1Cl. The van der Waals surface area contributed by atoms with E-state index in [0.717, 1.165) is 11.0 Å². The molecule has 1 unspecified atom stereocenters. The Bertz CT molecular complexity index is 2090. The van der Waals surface area contributed by atoms with Gasteiger partial charge in [-0.05, 0) is 62.4 Å². The number of Topliss-reactive ketones (excluding diaryl/α,β-unsaturated/α-hetero) is 2. The third-order valence-corrected chi connectivity index (χ3v) is 10.8. The molecule has 3 amide bonds. The zero-order chi connectivity index (χ0) is 38.8. The zero-order valence-corrected chi connectivity index (χ0v) is 30.4. The van der Waals surface area contributed by atoms with Crippen LogP contribution in [0.4, 0.5) is 14.6 Å². The molecular weight excluding hydrogens is 738 g/mol. The number of halogens is 3. The molecule has 2 saturated carbocycles. The van der Waals surface area contributed by atoms with Crippen molar-refractivity contribution in [2.24, 2.45) is 0 Å². The predicted molar refractivity (Wildman–Crippen MR) is 193 cm³/mol. The van der Waals surface area contributed by atoms with Crippen LogP contribution in [0, 0.1) is 23.0 Å². The lowest BCUT2D eigenvalue weighted by molar-refractivity contribution is -0.132. The van der Waals surface area contributed by atoms with Gasteiger partial charge in [0.15, 0.2) is 29.0 Å². The number of nitrogens with one attached hydrogen (secondary N) is 1. The lowest BCUT2D eigenvalue weighted by Crippen LogP contribution is -2.48. The zero-order valence-electron chi connectivity index (χ0n) is 29.7. The smallest absolute Gasteiger partial charge is 0.262 e. The Morgan fingerprint density at radius 1 is 0.945 bits per heavy atom. The fourth-order valence-corrected chi connectivity index (χ4v) is 7.70. The maximum absolute atomic E-state index is 15.3. The van der Waals surface area contributed by atoms with Crippen LogP contribution in [0.3, 0.4) is 0 Å². The summed E-state index contributed by atoms with van der Waals surface area (Å²) in [5, 5.41) is 12.4. The van der Waals surface area contributed by atoms with Crippen LogP contribution in [0.2, 0.25) is 5.02 Å². The van der Waals surface area contributed by atoms with E-state index >= 15 is 4.39 Å². The number of carbonyl (C=O) groups excluding carboxylic acids is 5. The lowest BCUT2D eigenvalue weighted by atomic mass is 9.92. The minimum absolute atomic E-state index is 0.0488. The molecule has 1 atom stereocenters. The number of carbonyl (C=O) groups is 5. The Morgan fingerprint density at radius 2 is 1.67 bits per heavy atom. The van der Waals surface area contributed by atoms with Crippen LogP contribution >= 0.6 is 11.6 Å². The van der Waals surface area contributed by atoms with Gasteiger partial charge < -0.3 is 19.7 Å². The number of pyridine rings is 1. The molecule has 0 radical (unpaired) electrons. The second-order valence-corrected chi connectivity index (χ2v) is 14.5. The predicted octanol–water partition coefficient (Wildman–Crippen LogP) is 4.49. The summed E-state index contributed by atoms with van der Waals surface area (Å²) < 4.78 is 41.9. The van der Waals surface area contributed by atoms with Crippen LogP contribution in [0.1, 0.15) is 81.6 Å². The van der Waals surface area contributed by atoms with Crippen molar-refractivity contribution < 1.29 is 42.2 Å². The van der Waals surface area contributed by atoms with Gasteiger partial charge in [-0.15, -0.1) is 0 Å². The number of hydrogen-bond acceptors (Lipinski definition) is 11. The first-order chi connectivity index (χ1) is 26.5. The fourth-order valence-electron chi connectivity index (χ4n) is 7.49. The normalized spacial score (nSPS) is 21.7. The van der Waals surface area contributed by atoms with E-state index in [0.29, 0.717) is 74.7 Å². The first-order valence-corrected chi connectivity index (χ1v) is 18.6. The molecule has 3 aromatic rings. The number of imide groups is 1. The molecule has 3 heterocycles. The van der Waals surface area contributed by atoms with Gasteiger partial charge in [0, 0.05) is 57.4 Å². The first kappa shape index (κ1) is 37.8. The number of ketones is 2. The van der Waals surface area contributed by atoms with Crippen LogP contribution in [0.15, 0.2) is 42.6 Å². The number of amides is 3. The summed E-state index contributed by atoms with van der Waals surface area (Å²) >= 11 is 6.11. The Labute approximate surface area is 320 Å². The van der Waals surface area contributed by atoms with Gasteiger partial charge in [-0.3, -0.25) is 33.8 Å². The molecule has 1 saturated heterocycles. The van der Waals surface area contributed by atoms with Gasteiger partial charge in [0.05, 0.1) is 45.8 Å². The van der Waals surface area contributed by atoms with Crippen molar-refractivity contribution >= 4 is 46.7 Å². The maximum atomic E-state index is 15.3. The summed E-state index contributed by atoms with van der Waals surface area (Å²) in [6, 6.07) is 9.13. The van der Waals surface area contributed by atoms with Gasteiger partial charge in [-0.1, -0.05) is 11.6 Å². The summed E-state index contributed by atoms with van der Waals surface area (Å²) in [5.41, 5.74) is 0.294. The third-order valence-electron chi connectivity index (χ3n) is 10.5. The van der Waals surface area contributed by atoms with Crippen LogP contribution < -0.4 is 19.7 Å². The highest BCUT2D eigenvalue weighted by Crippen LogP contribution is 2.33. The quantitative estimate of drug-likeness (QED) is 0.228. The number of aromatic nitrogens is 1. The van der Waals surface area contributed by atoms with Crippen molar-refractivity contribution in [3.63, 3.8) is 0 Å². The number of ether oxygens (including phenoxy) is 2. The van der Waals surface area contributed by atoms with Crippen LogP contribution in [-0.2, 0) is 9.59 Å². The minimum atomic E-state index is -1.05. The molecule has 16 heteroatoms. The highest BCUT2D eigenvalue weighted by Gasteiger charge is 2.45. The second kappa shape index (κ2) is 16.1. The maximum Gasteiger partial charge on any atom is 0.262 e. The van der Waals surface area contributed by atoms with Gasteiger partial charge in [0.2, 0.25) is 0 Å². The van der Waals surface area contributed by atoms with Crippen molar-refractivity contribution in [2.45, 2.75) is 63.1 Å². The summed E-state index contributed by atoms with van der Waals surface area (Å²) in [4.78, 5) is 72.0. The number of fused-ring (bicyclic) bond motifs is 1. The number of piperazine rings is 1. The molecule has 1 aromatic heterocycles. The second-order valence-electron chi connectivity index (χ2n) is 14.1. The fraction of sp³-hybridized carbons (Fsp3) is 0.410. The van der Waals surface area contributed by atoms with Crippen molar-refractivity contribution in [3.05, 3.63) is 81.5 Å². The van der Waals surface area contributed by atoms with Crippen LogP contribution in [0.5, 0.6) is 11.5 Å². The molecule has 0 bridgehead atoms. The molecule has 0 spiro atoms. The van der Waals surface area contributed by atoms with Crippen molar-refractivity contribution in [2.75, 3.05) is 44.2 Å². The number of benzene rings is 2. The Hall–Kier alpha value is -5.46. The molecular formula is C39H37ClF2N6O7. The highest BCUT2D eigenvalue weighted by atomic mass is 35.5. The van der Waals surface area contributed by atoms with E-state index in [1.165, 1.54) is 18.3 Å². The van der Waals surface area contributed by atoms with E-state index in [-0.39, 0.29) is 72.1 Å². The Morgan fingerprint density at radius 3 is 2.35 bits per heavy atom. The van der Waals surface area contributed by atoms with E-state index in [1.807, 2.05) is 11.0 Å². The minimum Gasteiger partial charge on any atom is -0.490 e. The number of hydrogen-bond donors (Lipinski definition) is 1. The van der Waals surface area contributed by atoms with Gasteiger partial charge in [0.25, 0.3) is 17.7 Å². The topological polar surface area (TPSA) is 162 Å². The molecule has 2 aromatic carbocycles. The monoisotopic (exact) mass is 774 g/mol. The van der Waals surface area contributed by atoms with E-state index in [4.69, 9.17) is 26.3 Å². The molecule has 286 valence electrons. The molecule has 13 nitrogen and oxygen atoms in total. The van der Waals surface area contributed by atoms with Crippen molar-refractivity contribution in [3.8, 4) is 17.6 Å². The average molecular weight is 775 g/mol. The number of nitrogens with zero attached hydrogens (tertiary/aromatic N) is 5. The number of rotatable bonds is 10. The van der Waals surface area contributed by atoms with Gasteiger partial charge in [-0.2, -0.15) is 5.26 Å². The van der Waals surface area contributed by atoms with Crippen molar-refractivity contribution in [1.29, 1.82) is 5.26 Å². The van der Waals surface area contributed by atoms with Crippen LogP contribution in [-0.4, -0.2) is 102 Å². The Kier molecular flexibility index (Phi) is 11.1. The van der Waals surface area contributed by atoms with Crippen molar-refractivity contribution in [1.82, 2.24) is 20.1 Å². The van der Waals surface area contributed by atoms with E-state index in [2.05, 4.69) is 10.3 Å². The van der Waals surface area contributed by atoms with E-state index in [9.17, 15) is 28.4 Å². The van der Waals surface area contributed by atoms with E-state index in [1.54, 1.807) is 23.1 Å². The third kappa shape index (κ3) is 8.16. The highest BCUT2D eigenvalue weighted by molar-refractivity contribution is 6.31. The molecule has 2 aliphatic carbocycles. The molecule has 2 aliphatic heterocycles. The summed E-state index contributed by atoms with van der Waals surface area (Å²) in [7, 11) is 0. The lowest BCUT2D eigenvalue weighted by Gasteiger charge is -2.35. The molecule has 55 heavy (non-hydrogen) atoms. The number of anilines is 1. The summed E-state index contributed by atoms with van der Waals surface area (Å²) in [6.07, 6.45) is 3.87. The largest absolute Gasteiger partial charge is 0.490 e. The first-order valence-electron chi connectivity index (χ1n) is 18.2. The molecule has 7 rings (SSSR count). The molecule has 1 N–H and O–H groups in total. The molecule has 3 fully saturated rings. The Balaban J connectivity index is 0.853. The standard InChI is InChI=1S/C39H37ClF2N6O7/c40-30-17-27(5-1-22(30)20-43)55-26-6-2-24(3-7-26)45-37(51)23-15-32(42)36(44-21-23)47-11-9-46(10-12-47)13-14-54-35-19-29-28(18-31(35)41)38(52)48(39(29)53)33-8-4-25(49)16-34(33)50/h1,5,15,17-19,21,24,26,33H,2-4,6-14,16H2,(H,45,51). The average Bonchev–Trinajstić information content (AvgIpc) is 3.40. The van der Waals surface area contributed by atoms with Gasteiger partial charge in [0.1, 0.15) is 24.2 Å². The van der Waals surface area contributed by atoms with Crippen LogP contribution in [0.25, 0.3) is 0 Å². The molecule has 4 aliphatic rings.